The molecule has 35 heavy (non-hydrogen) atoms. The molecule has 0 aliphatic heterocycles. The molecule has 1 aromatic carbocycles. The number of unbranched alkanes of at least 4 members (excludes halogenated alkanes) is 15. The molecule has 3 N–H and O–H groups in total. The lowest BCUT2D eigenvalue weighted by Crippen LogP contribution is -1.96. The number of hydrogen-bond donors (Lipinski definition) is 3. The van der Waals surface area contributed by atoms with Crippen molar-refractivity contribution in [3.8, 4) is 23.2 Å². The van der Waals surface area contributed by atoms with Crippen LogP contribution < -0.4 is 0 Å². The summed E-state index contributed by atoms with van der Waals surface area (Å²) in [5, 5.41) is 41.8. The lowest BCUT2D eigenvalue weighted by atomic mass is 10.0. The van der Waals surface area contributed by atoms with Crippen molar-refractivity contribution >= 4 is 5.69 Å². The van der Waals surface area contributed by atoms with Gasteiger partial charge in [0, 0.05) is 17.7 Å². The first-order chi connectivity index (χ1) is 17.0. The van der Waals surface area contributed by atoms with E-state index >= 15 is 0 Å². The molecule has 0 aliphatic carbocycles. The van der Waals surface area contributed by atoms with Gasteiger partial charge in [-0.25, -0.2) is 4.57 Å². The van der Waals surface area contributed by atoms with E-state index in [4.69, 9.17) is 0 Å². The van der Waals surface area contributed by atoms with Crippen molar-refractivity contribution in [2.45, 2.75) is 116 Å². The summed E-state index contributed by atoms with van der Waals surface area (Å²) in [6.45, 7) is 2.26. The van der Waals surface area contributed by atoms with Crippen LogP contribution in [0.2, 0.25) is 0 Å². The summed E-state index contributed by atoms with van der Waals surface area (Å²) in [6, 6.07) is 5.03. The number of benzene rings is 1. The molecule has 0 radical (unpaired) electrons. The van der Waals surface area contributed by atoms with Crippen LogP contribution in [0.15, 0.2) is 24.3 Å². The van der Waals surface area contributed by atoms with E-state index in [9.17, 15) is 25.4 Å². The van der Waals surface area contributed by atoms with E-state index in [1.165, 1.54) is 102 Å². The number of non-ortho nitro benzene ring substituents is 1. The van der Waals surface area contributed by atoms with E-state index in [-0.39, 0.29) is 28.9 Å². The maximum atomic E-state index is 10.9. The highest BCUT2D eigenvalue weighted by molar-refractivity contribution is 5.57. The van der Waals surface area contributed by atoms with Gasteiger partial charge in [0.1, 0.15) is 5.75 Å². The van der Waals surface area contributed by atoms with Crippen molar-refractivity contribution in [1.29, 1.82) is 0 Å². The first-order valence-corrected chi connectivity index (χ1v) is 13.6. The number of nitro benzene ring substituents is 1. The lowest BCUT2D eigenvalue weighted by molar-refractivity contribution is -0.384. The Morgan fingerprint density at radius 1 is 0.743 bits per heavy atom. The molecule has 0 spiro atoms. The Balaban J connectivity index is 1.58. The summed E-state index contributed by atoms with van der Waals surface area (Å²) in [7, 11) is 0. The van der Waals surface area contributed by atoms with Crippen molar-refractivity contribution in [2.24, 2.45) is 0 Å². The largest absolute Gasteiger partial charge is 0.505 e. The zero-order chi connectivity index (χ0) is 25.5. The van der Waals surface area contributed by atoms with Crippen LogP contribution in [0.5, 0.6) is 17.5 Å². The van der Waals surface area contributed by atoms with Crippen LogP contribution in [0.4, 0.5) is 5.69 Å². The predicted molar refractivity (Wildman–Crippen MR) is 141 cm³/mol. The molecular formula is C28H44N2O5. The monoisotopic (exact) mass is 488 g/mol. The summed E-state index contributed by atoms with van der Waals surface area (Å²) >= 11 is 0. The summed E-state index contributed by atoms with van der Waals surface area (Å²) < 4.78 is 1.11. The summed E-state index contributed by atoms with van der Waals surface area (Å²) in [5.74, 6) is -0.736. The van der Waals surface area contributed by atoms with Gasteiger partial charge in [-0.2, -0.15) is 0 Å². The van der Waals surface area contributed by atoms with Gasteiger partial charge in [-0.3, -0.25) is 10.1 Å². The zero-order valence-electron chi connectivity index (χ0n) is 21.4. The highest BCUT2D eigenvalue weighted by Crippen LogP contribution is 2.37. The van der Waals surface area contributed by atoms with Crippen molar-refractivity contribution in [3.63, 3.8) is 0 Å². The van der Waals surface area contributed by atoms with Gasteiger partial charge < -0.3 is 15.3 Å². The van der Waals surface area contributed by atoms with Gasteiger partial charge in [0.25, 0.3) is 5.69 Å². The van der Waals surface area contributed by atoms with Crippen LogP contribution in [-0.2, 0) is 6.42 Å². The Morgan fingerprint density at radius 2 is 1.23 bits per heavy atom. The molecule has 1 aromatic heterocycles. The fourth-order valence-electron chi connectivity index (χ4n) is 4.64. The fourth-order valence-corrected chi connectivity index (χ4v) is 4.64. The number of hydrogen-bond acceptors (Lipinski definition) is 5. The lowest BCUT2D eigenvalue weighted by Gasteiger charge is -2.09. The van der Waals surface area contributed by atoms with Crippen LogP contribution in [0.1, 0.15) is 115 Å². The second-order valence-electron chi connectivity index (χ2n) is 9.67. The minimum absolute atomic E-state index is 0.101. The van der Waals surface area contributed by atoms with Crippen molar-refractivity contribution < 1.29 is 20.2 Å². The molecule has 0 aliphatic rings. The highest BCUT2D eigenvalue weighted by atomic mass is 16.6. The average Bonchev–Trinajstić information content (AvgIpc) is 3.11. The molecule has 2 aromatic rings. The molecule has 0 fully saturated rings. The number of nitrogens with zero attached hydrogens (tertiary/aromatic N) is 2. The third kappa shape index (κ3) is 9.82. The third-order valence-electron chi connectivity index (χ3n) is 6.74. The maximum absolute atomic E-state index is 10.9. The first kappa shape index (κ1) is 28.5. The number of nitro groups is 1. The molecule has 7 heteroatoms. The van der Waals surface area contributed by atoms with Gasteiger partial charge in [0.05, 0.1) is 16.7 Å². The van der Waals surface area contributed by atoms with E-state index in [0.717, 1.165) is 29.9 Å². The van der Waals surface area contributed by atoms with E-state index in [2.05, 4.69) is 6.92 Å². The molecule has 0 saturated heterocycles. The number of rotatable bonds is 19. The molecule has 0 bridgehead atoms. The summed E-state index contributed by atoms with van der Waals surface area (Å²) in [4.78, 5) is 10.2. The van der Waals surface area contributed by atoms with Crippen molar-refractivity contribution in [1.82, 2.24) is 4.57 Å². The van der Waals surface area contributed by atoms with Gasteiger partial charge >= 0.3 is 0 Å². The number of aromatic nitrogens is 1. The number of phenols is 1. The first-order valence-electron chi connectivity index (χ1n) is 13.6. The number of aryl methyl sites for hydroxylation is 1. The minimum atomic E-state index is -0.610. The quantitative estimate of drug-likeness (QED) is 0.105. The molecule has 0 saturated carbocycles. The van der Waals surface area contributed by atoms with E-state index in [0.29, 0.717) is 12.0 Å². The van der Waals surface area contributed by atoms with Gasteiger partial charge in [-0.15, -0.1) is 0 Å². The second-order valence-corrected chi connectivity index (χ2v) is 9.67. The van der Waals surface area contributed by atoms with Crippen LogP contribution >= 0.6 is 0 Å². The van der Waals surface area contributed by atoms with E-state index < -0.39 is 4.92 Å². The molecule has 0 atom stereocenters. The van der Waals surface area contributed by atoms with Crippen molar-refractivity contribution in [2.75, 3.05) is 0 Å². The van der Waals surface area contributed by atoms with Crippen LogP contribution in [0.25, 0.3) is 5.69 Å². The molecule has 2 rings (SSSR count). The van der Waals surface area contributed by atoms with Gasteiger partial charge in [-0.1, -0.05) is 103 Å². The summed E-state index contributed by atoms with van der Waals surface area (Å²) in [5.41, 5.74) is 0.445. The zero-order valence-corrected chi connectivity index (χ0v) is 21.4. The van der Waals surface area contributed by atoms with E-state index in [1.54, 1.807) is 0 Å². The predicted octanol–water partition coefficient (Wildman–Crippen LogP) is 8.31. The molecule has 1 heterocycles. The summed E-state index contributed by atoms with van der Waals surface area (Å²) in [6.07, 6.45) is 21.3. The number of phenolic OH excluding ortho intramolecular Hbond substituents is 1. The SMILES string of the molecule is CCCCCCCCCCCCCCCCCCc1cc(O)n(-c2ccc([N+](=O)[O-])cc2O)c1O. The normalized spacial score (nSPS) is 11.2. The topological polar surface area (TPSA) is 109 Å². The molecule has 196 valence electrons. The third-order valence-corrected chi connectivity index (χ3v) is 6.74. The Morgan fingerprint density at radius 3 is 1.69 bits per heavy atom. The van der Waals surface area contributed by atoms with Gasteiger partial charge in [0.15, 0.2) is 5.88 Å². The Bertz CT molecular complexity index is 894. The van der Waals surface area contributed by atoms with Crippen LogP contribution in [-0.4, -0.2) is 24.8 Å². The number of aromatic hydroxyl groups is 3. The average molecular weight is 489 g/mol. The minimum Gasteiger partial charge on any atom is -0.505 e. The molecule has 7 nitrogen and oxygen atoms in total. The Labute approximate surface area is 210 Å². The van der Waals surface area contributed by atoms with Gasteiger partial charge in [-0.05, 0) is 18.9 Å². The van der Waals surface area contributed by atoms with E-state index in [1.807, 2.05) is 0 Å². The molecule has 0 amide bonds. The standard InChI is InChI=1S/C28H44N2O5/c1-2-3-4-5-6-7-8-9-10-11-12-13-14-15-16-17-18-23-21-27(32)29(28(23)33)25-20-19-24(30(34)35)22-26(25)31/h19-22,31-33H,2-18H2,1H3. The Kier molecular flexibility index (Phi) is 13.1. The molecule has 0 unspecified atom stereocenters. The van der Waals surface area contributed by atoms with Crippen LogP contribution in [0.3, 0.4) is 0 Å². The fraction of sp³-hybridized carbons (Fsp3) is 0.643. The molecular weight excluding hydrogens is 444 g/mol. The van der Waals surface area contributed by atoms with Gasteiger partial charge in [0.2, 0.25) is 5.88 Å². The second kappa shape index (κ2) is 16.1. The van der Waals surface area contributed by atoms with Crippen molar-refractivity contribution in [3.05, 3.63) is 39.9 Å². The highest BCUT2D eigenvalue weighted by Gasteiger charge is 2.19. The smallest absolute Gasteiger partial charge is 0.273 e. The van der Waals surface area contributed by atoms with Crippen LogP contribution in [0, 0.1) is 10.1 Å². The Hall–Kier alpha value is -2.70. The maximum Gasteiger partial charge on any atom is 0.273 e.